The van der Waals surface area contributed by atoms with Crippen molar-refractivity contribution in [3.8, 4) is 0 Å². The molecule has 1 fully saturated rings. The molecule has 1 aromatic carbocycles. The first-order chi connectivity index (χ1) is 14.8. The number of fused-ring (bicyclic) bond motifs is 1. The van der Waals surface area contributed by atoms with Crippen molar-refractivity contribution in [2.45, 2.75) is 19.5 Å². The fraction of sp³-hybridized carbons (Fsp3) is 0.364. The summed E-state index contributed by atoms with van der Waals surface area (Å²) in [6.07, 6.45) is 0. The molecule has 1 aliphatic heterocycles. The smallest absolute Gasteiger partial charge is 0.326 e. The SMILES string of the molecule is CNC(=O)c1ccc(N(C)C2CN(Cc3ccc4c(=S)n(C)c(=O)[nH]c4c3)C2)c(C)n1. The Bertz CT molecular complexity index is 1280. The molecule has 1 amide bonds. The second kappa shape index (κ2) is 8.24. The highest BCUT2D eigenvalue weighted by atomic mass is 32.1. The summed E-state index contributed by atoms with van der Waals surface area (Å²) in [6.45, 7) is 4.59. The summed E-state index contributed by atoms with van der Waals surface area (Å²) in [6, 6.07) is 10.2. The Kier molecular flexibility index (Phi) is 5.63. The van der Waals surface area contributed by atoms with Crippen LogP contribution in [-0.4, -0.2) is 58.6 Å². The normalized spacial score (nSPS) is 14.5. The van der Waals surface area contributed by atoms with E-state index >= 15 is 0 Å². The highest BCUT2D eigenvalue weighted by Crippen LogP contribution is 2.25. The topological polar surface area (TPSA) is 86.3 Å². The summed E-state index contributed by atoms with van der Waals surface area (Å²) in [7, 11) is 5.34. The van der Waals surface area contributed by atoms with Crippen molar-refractivity contribution in [2.24, 2.45) is 7.05 Å². The molecule has 3 heterocycles. The van der Waals surface area contributed by atoms with E-state index in [2.05, 4.69) is 38.2 Å². The number of nitrogens with zero attached hydrogens (tertiary/aromatic N) is 4. The van der Waals surface area contributed by atoms with Crippen LogP contribution in [0.4, 0.5) is 5.69 Å². The lowest BCUT2D eigenvalue weighted by Crippen LogP contribution is -2.58. The lowest BCUT2D eigenvalue weighted by molar-refractivity contribution is 0.0958. The standard InChI is InChI=1S/C22H26N6O2S/c1-13-19(8-7-17(24-13)20(29)23-2)26(3)15-11-28(12-15)10-14-5-6-16-18(9-14)25-22(30)27(4)21(16)31/h5-9,15H,10-12H2,1-4H3,(H,23,29)(H,25,30). The summed E-state index contributed by atoms with van der Waals surface area (Å²) in [5.41, 5.74) is 4.02. The summed E-state index contributed by atoms with van der Waals surface area (Å²) < 4.78 is 1.99. The molecule has 0 radical (unpaired) electrons. The number of H-pyrrole nitrogens is 1. The van der Waals surface area contributed by atoms with E-state index in [1.807, 2.05) is 25.1 Å². The van der Waals surface area contributed by atoms with Gasteiger partial charge in [0, 0.05) is 46.2 Å². The second-order valence-electron chi connectivity index (χ2n) is 8.01. The van der Waals surface area contributed by atoms with Crippen molar-refractivity contribution in [1.29, 1.82) is 0 Å². The number of carbonyl (C=O) groups is 1. The van der Waals surface area contributed by atoms with Gasteiger partial charge in [-0.25, -0.2) is 9.78 Å². The van der Waals surface area contributed by atoms with Gasteiger partial charge in [0.05, 0.1) is 22.9 Å². The number of amides is 1. The van der Waals surface area contributed by atoms with Gasteiger partial charge in [-0.05, 0) is 36.8 Å². The van der Waals surface area contributed by atoms with Crippen LogP contribution in [0.5, 0.6) is 0 Å². The molecule has 0 aliphatic carbocycles. The molecule has 4 rings (SSSR count). The van der Waals surface area contributed by atoms with Crippen LogP contribution in [0.2, 0.25) is 0 Å². The first-order valence-corrected chi connectivity index (χ1v) is 10.6. The van der Waals surface area contributed by atoms with Gasteiger partial charge in [0.2, 0.25) is 0 Å². The summed E-state index contributed by atoms with van der Waals surface area (Å²) in [5, 5.41) is 3.48. The zero-order valence-corrected chi connectivity index (χ0v) is 18.9. The molecule has 9 heteroatoms. The molecular weight excluding hydrogens is 412 g/mol. The number of aryl methyl sites for hydroxylation is 1. The molecule has 2 N–H and O–H groups in total. The molecule has 1 aliphatic rings. The predicted octanol–water partition coefficient (Wildman–Crippen LogP) is 1.98. The van der Waals surface area contributed by atoms with Crippen LogP contribution in [0.3, 0.4) is 0 Å². The number of aromatic nitrogens is 3. The van der Waals surface area contributed by atoms with Crippen LogP contribution in [-0.2, 0) is 13.6 Å². The van der Waals surface area contributed by atoms with Gasteiger partial charge in [0.1, 0.15) is 10.3 Å². The van der Waals surface area contributed by atoms with E-state index in [0.717, 1.165) is 47.5 Å². The van der Waals surface area contributed by atoms with Crippen molar-refractivity contribution in [2.75, 3.05) is 32.1 Å². The number of pyridine rings is 1. The number of hydrogen-bond acceptors (Lipinski definition) is 6. The fourth-order valence-electron chi connectivity index (χ4n) is 4.00. The molecule has 0 bridgehead atoms. The lowest BCUT2D eigenvalue weighted by Gasteiger charge is -2.45. The Balaban J connectivity index is 1.42. The number of hydrogen-bond donors (Lipinski definition) is 2. The van der Waals surface area contributed by atoms with Gasteiger partial charge < -0.3 is 15.2 Å². The largest absolute Gasteiger partial charge is 0.368 e. The Morgan fingerprint density at radius 1 is 1.32 bits per heavy atom. The third-order valence-corrected chi connectivity index (χ3v) is 6.45. The van der Waals surface area contributed by atoms with Crippen molar-refractivity contribution in [3.63, 3.8) is 0 Å². The van der Waals surface area contributed by atoms with Crippen LogP contribution in [0.1, 0.15) is 21.7 Å². The van der Waals surface area contributed by atoms with E-state index in [4.69, 9.17) is 12.2 Å². The van der Waals surface area contributed by atoms with E-state index in [1.54, 1.807) is 20.2 Å². The van der Waals surface area contributed by atoms with Gasteiger partial charge in [-0.3, -0.25) is 14.3 Å². The number of nitrogens with one attached hydrogen (secondary N) is 2. The van der Waals surface area contributed by atoms with Gasteiger partial charge in [-0.2, -0.15) is 0 Å². The van der Waals surface area contributed by atoms with Crippen LogP contribution in [0, 0.1) is 11.6 Å². The Hall–Kier alpha value is -3.04. The first kappa shape index (κ1) is 21.2. The summed E-state index contributed by atoms with van der Waals surface area (Å²) in [4.78, 5) is 35.7. The van der Waals surface area contributed by atoms with Crippen molar-refractivity contribution >= 4 is 34.7 Å². The Labute approximate surface area is 185 Å². The Morgan fingerprint density at radius 2 is 2.06 bits per heavy atom. The van der Waals surface area contributed by atoms with E-state index < -0.39 is 0 Å². The Morgan fingerprint density at radius 3 is 2.74 bits per heavy atom. The maximum absolute atomic E-state index is 12.0. The summed E-state index contributed by atoms with van der Waals surface area (Å²) in [5.74, 6) is -0.180. The van der Waals surface area contributed by atoms with E-state index in [0.29, 0.717) is 16.4 Å². The van der Waals surface area contributed by atoms with Gasteiger partial charge >= 0.3 is 5.69 Å². The van der Waals surface area contributed by atoms with Gasteiger partial charge in [-0.1, -0.05) is 18.3 Å². The number of likely N-dealkylation sites (tertiary alicyclic amines) is 1. The van der Waals surface area contributed by atoms with Crippen molar-refractivity contribution < 1.29 is 4.79 Å². The third kappa shape index (κ3) is 3.98. The van der Waals surface area contributed by atoms with E-state index in [1.165, 1.54) is 4.57 Å². The highest BCUT2D eigenvalue weighted by Gasteiger charge is 2.31. The number of anilines is 1. The predicted molar refractivity (Wildman–Crippen MR) is 124 cm³/mol. The molecule has 3 aromatic rings. The fourth-order valence-corrected chi connectivity index (χ4v) is 4.27. The maximum atomic E-state index is 12.0. The lowest BCUT2D eigenvalue weighted by atomic mass is 10.0. The maximum Gasteiger partial charge on any atom is 0.326 e. The van der Waals surface area contributed by atoms with Crippen molar-refractivity contribution in [1.82, 2.24) is 24.8 Å². The number of aromatic amines is 1. The molecule has 0 saturated carbocycles. The van der Waals surface area contributed by atoms with E-state index in [9.17, 15) is 9.59 Å². The van der Waals surface area contributed by atoms with Crippen LogP contribution in [0.15, 0.2) is 35.1 Å². The third-order valence-electron chi connectivity index (χ3n) is 5.95. The molecule has 1 saturated heterocycles. The minimum Gasteiger partial charge on any atom is -0.368 e. The number of carbonyl (C=O) groups excluding carboxylic acids is 1. The van der Waals surface area contributed by atoms with Crippen LogP contribution < -0.4 is 15.9 Å². The average molecular weight is 439 g/mol. The number of likely N-dealkylation sites (N-methyl/N-ethyl adjacent to an activating group) is 1. The molecule has 0 unspecified atom stereocenters. The molecule has 2 aromatic heterocycles. The molecule has 31 heavy (non-hydrogen) atoms. The van der Waals surface area contributed by atoms with Gasteiger partial charge in [0.25, 0.3) is 5.91 Å². The quantitative estimate of drug-likeness (QED) is 0.593. The molecule has 8 nitrogen and oxygen atoms in total. The average Bonchev–Trinajstić information content (AvgIpc) is 2.73. The van der Waals surface area contributed by atoms with Crippen LogP contribution in [0.25, 0.3) is 10.9 Å². The van der Waals surface area contributed by atoms with Crippen molar-refractivity contribution in [3.05, 3.63) is 62.4 Å². The zero-order chi connectivity index (χ0) is 22.3. The molecule has 0 atom stereocenters. The molecular formula is C22H26N6O2S. The monoisotopic (exact) mass is 438 g/mol. The van der Waals surface area contributed by atoms with Gasteiger partial charge in [0.15, 0.2) is 0 Å². The zero-order valence-electron chi connectivity index (χ0n) is 18.1. The first-order valence-electron chi connectivity index (χ1n) is 10.2. The molecule has 0 spiro atoms. The minimum atomic E-state index is -0.202. The van der Waals surface area contributed by atoms with E-state index in [-0.39, 0.29) is 11.6 Å². The summed E-state index contributed by atoms with van der Waals surface area (Å²) >= 11 is 5.38. The molecule has 162 valence electrons. The highest BCUT2D eigenvalue weighted by molar-refractivity contribution is 7.71. The van der Waals surface area contributed by atoms with Crippen LogP contribution >= 0.6 is 12.2 Å². The number of rotatable bonds is 5. The number of benzene rings is 1. The second-order valence-corrected chi connectivity index (χ2v) is 8.40. The van der Waals surface area contributed by atoms with Gasteiger partial charge in [-0.15, -0.1) is 0 Å². The minimum absolute atomic E-state index is 0.180.